The van der Waals surface area contributed by atoms with Gasteiger partial charge in [-0.2, -0.15) is 0 Å². The second-order valence-corrected chi connectivity index (χ2v) is 6.06. The lowest BCUT2D eigenvalue weighted by Crippen LogP contribution is -2.12. The van der Waals surface area contributed by atoms with E-state index in [-0.39, 0.29) is 0 Å². The van der Waals surface area contributed by atoms with Crippen LogP contribution in [0.25, 0.3) is 5.57 Å². The van der Waals surface area contributed by atoms with Gasteiger partial charge in [0.15, 0.2) is 0 Å². The lowest BCUT2D eigenvalue weighted by molar-refractivity contribution is 0.416. The topological polar surface area (TPSA) is 51.8 Å². The maximum absolute atomic E-state index is 5.96. The van der Waals surface area contributed by atoms with Crippen molar-refractivity contribution >= 4 is 11.4 Å². The van der Waals surface area contributed by atoms with Crippen molar-refractivity contribution in [2.45, 2.75) is 66.7 Å². The van der Waals surface area contributed by atoms with Gasteiger partial charge >= 0.3 is 0 Å². The minimum atomic E-state index is 0.567. The Morgan fingerprint density at radius 2 is 2.05 bits per heavy atom. The summed E-state index contributed by atoms with van der Waals surface area (Å²) in [6.45, 7) is 11.0. The van der Waals surface area contributed by atoms with Crippen LogP contribution in [0.1, 0.15) is 71.1 Å². The highest BCUT2D eigenvalue weighted by atomic mass is 14.9. The molecule has 2 N–H and O–H groups in total. The van der Waals surface area contributed by atoms with Gasteiger partial charge in [0.25, 0.3) is 0 Å². The lowest BCUT2D eigenvalue weighted by atomic mass is 9.82. The number of unbranched alkanes of at least 4 members (excludes halogenated alkanes) is 1. The number of hydrogen-bond donors (Lipinski definition) is 1. The summed E-state index contributed by atoms with van der Waals surface area (Å²) in [4.78, 5) is 8.61. The fourth-order valence-electron chi connectivity index (χ4n) is 2.82. The lowest BCUT2D eigenvalue weighted by Gasteiger charge is -2.24. The van der Waals surface area contributed by atoms with Gasteiger partial charge in [-0.25, -0.2) is 9.97 Å². The Hall–Kier alpha value is -1.38. The molecule has 118 valence electrons. The van der Waals surface area contributed by atoms with Crippen LogP contribution >= 0.6 is 0 Å². The Morgan fingerprint density at radius 3 is 2.62 bits per heavy atom. The molecule has 1 aromatic heterocycles. The van der Waals surface area contributed by atoms with Gasteiger partial charge in [0, 0.05) is 5.56 Å². The first kappa shape index (κ1) is 17.7. The van der Waals surface area contributed by atoms with Crippen LogP contribution in [0.2, 0.25) is 0 Å². The van der Waals surface area contributed by atoms with E-state index < -0.39 is 0 Å². The number of anilines is 1. The smallest absolute Gasteiger partial charge is 0.130 e. The Bertz CT molecular complexity index is 466. The molecule has 0 saturated heterocycles. The average Bonchev–Trinajstić information content (AvgIpc) is 2.49. The largest absolute Gasteiger partial charge is 0.383 e. The predicted octanol–water partition coefficient (Wildman–Crippen LogP) is 5.01. The van der Waals surface area contributed by atoms with Gasteiger partial charge in [0.05, 0.1) is 5.69 Å². The van der Waals surface area contributed by atoms with Crippen LogP contribution in [0.4, 0.5) is 5.82 Å². The summed E-state index contributed by atoms with van der Waals surface area (Å²) in [5.74, 6) is 1.90. The molecule has 0 aliphatic carbocycles. The van der Waals surface area contributed by atoms with Crippen LogP contribution in [0.15, 0.2) is 12.4 Å². The molecule has 0 aromatic carbocycles. The van der Waals surface area contributed by atoms with Gasteiger partial charge in [0.2, 0.25) is 0 Å². The molecule has 1 heterocycles. The number of allylic oxidation sites excluding steroid dienone is 2. The van der Waals surface area contributed by atoms with Crippen LogP contribution < -0.4 is 5.73 Å². The highest BCUT2D eigenvalue weighted by Crippen LogP contribution is 2.34. The zero-order chi connectivity index (χ0) is 15.8. The van der Waals surface area contributed by atoms with Crippen LogP contribution in [0.5, 0.6) is 0 Å². The number of aromatic nitrogens is 2. The summed E-state index contributed by atoms with van der Waals surface area (Å²) >= 11 is 0. The van der Waals surface area contributed by atoms with Gasteiger partial charge in [-0.3, -0.25) is 0 Å². The average molecular weight is 289 g/mol. The summed E-state index contributed by atoms with van der Waals surface area (Å²) < 4.78 is 0. The van der Waals surface area contributed by atoms with Gasteiger partial charge < -0.3 is 5.73 Å². The highest BCUT2D eigenvalue weighted by molar-refractivity contribution is 5.69. The molecule has 2 unspecified atom stereocenters. The van der Waals surface area contributed by atoms with Crippen molar-refractivity contribution in [2.24, 2.45) is 11.8 Å². The minimum Gasteiger partial charge on any atom is -0.383 e. The van der Waals surface area contributed by atoms with Crippen molar-refractivity contribution in [3.63, 3.8) is 0 Å². The fraction of sp³-hybridized carbons (Fsp3) is 0.667. The summed E-state index contributed by atoms with van der Waals surface area (Å²) in [5, 5.41) is 0. The van der Waals surface area contributed by atoms with Gasteiger partial charge in [-0.1, -0.05) is 46.1 Å². The van der Waals surface area contributed by atoms with Crippen LogP contribution in [0.3, 0.4) is 0 Å². The SMILES string of the molecule is C/C=C(\c1ncnc(N)c1C)C(CCCC)CC(C)CC. The Kier molecular flexibility index (Phi) is 7.41. The van der Waals surface area contributed by atoms with Gasteiger partial charge in [-0.15, -0.1) is 0 Å². The van der Waals surface area contributed by atoms with Crippen molar-refractivity contribution in [3.05, 3.63) is 23.7 Å². The molecular weight excluding hydrogens is 258 g/mol. The molecule has 0 spiro atoms. The van der Waals surface area contributed by atoms with Crippen molar-refractivity contribution in [1.82, 2.24) is 9.97 Å². The second-order valence-electron chi connectivity index (χ2n) is 6.06. The summed E-state index contributed by atoms with van der Waals surface area (Å²) in [6, 6.07) is 0. The van der Waals surface area contributed by atoms with E-state index in [1.54, 1.807) is 6.33 Å². The molecular formula is C18H31N3. The van der Waals surface area contributed by atoms with E-state index in [1.165, 1.54) is 37.7 Å². The van der Waals surface area contributed by atoms with E-state index in [0.717, 1.165) is 17.2 Å². The highest BCUT2D eigenvalue weighted by Gasteiger charge is 2.20. The summed E-state index contributed by atoms with van der Waals surface area (Å²) in [7, 11) is 0. The van der Waals surface area contributed by atoms with E-state index >= 15 is 0 Å². The molecule has 0 saturated carbocycles. The number of nitrogens with zero attached hydrogens (tertiary/aromatic N) is 2. The second kappa shape index (κ2) is 8.81. The molecule has 1 rings (SSSR count). The molecule has 0 aliphatic heterocycles. The third-order valence-corrected chi connectivity index (χ3v) is 4.44. The quantitative estimate of drug-likeness (QED) is 0.731. The first-order valence-electron chi connectivity index (χ1n) is 8.28. The monoisotopic (exact) mass is 289 g/mol. The van der Waals surface area contributed by atoms with E-state index in [1.807, 2.05) is 6.92 Å². The number of hydrogen-bond acceptors (Lipinski definition) is 3. The molecule has 3 nitrogen and oxygen atoms in total. The molecule has 0 bridgehead atoms. The Balaban J connectivity index is 3.08. The normalized spacial score (nSPS) is 15.0. The third-order valence-electron chi connectivity index (χ3n) is 4.44. The Morgan fingerprint density at radius 1 is 1.33 bits per heavy atom. The van der Waals surface area contributed by atoms with Crippen molar-refractivity contribution < 1.29 is 0 Å². The Labute approximate surface area is 130 Å². The van der Waals surface area contributed by atoms with E-state index in [2.05, 4.69) is 43.7 Å². The first-order valence-corrected chi connectivity index (χ1v) is 8.28. The van der Waals surface area contributed by atoms with Crippen LogP contribution in [-0.4, -0.2) is 9.97 Å². The predicted molar refractivity (Wildman–Crippen MR) is 91.9 cm³/mol. The molecule has 1 aromatic rings. The molecule has 0 fully saturated rings. The molecule has 3 heteroatoms. The van der Waals surface area contributed by atoms with Crippen LogP contribution in [0, 0.1) is 18.8 Å². The fourth-order valence-corrected chi connectivity index (χ4v) is 2.82. The first-order chi connectivity index (χ1) is 10.0. The molecule has 0 radical (unpaired) electrons. The van der Waals surface area contributed by atoms with E-state index in [4.69, 9.17) is 5.73 Å². The summed E-state index contributed by atoms with van der Waals surface area (Å²) in [5.41, 5.74) is 9.35. The number of nitrogens with two attached hydrogens (primary N) is 1. The third kappa shape index (κ3) is 4.83. The molecule has 0 aliphatic rings. The van der Waals surface area contributed by atoms with Gasteiger partial charge in [-0.05, 0) is 44.1 Å². The van der Waals surface area contributed by atoms with Crippen molar-refractivity contribution in [1.29, 1.82) is 0 Å². The maximum atomic E-state index is 5.96. The van der Waals surface area contributed by atoms with Crippen LogP contribution in [-0.2, 0) is 0 Å². The zero-order valence-corrected chi connectivity index (χ0v) is 14.3. The maximum Gasteiger partial charge on any atom is 0.130 e. The summed E-state index contributed by atoms with van der Waals surface area (Å²) in [6.07, 6.45) is 9.98. The standard InChI is InChI=1S/C18H31N3/c1-6-9-10-15(11-13(4)7-2)16(8-3)17-14(5)18(19)21-12-20-17/h8,12-13,15H,6-7,9-11H2,1-5H3,(H2,19,20,21)/b16-8-. The minimum absolute atomic E-state index is 0.567. The van der Waals surface area contributed by atoms with Gasteiger partial charge in [0.1, 0.15) is 12.1 Å². The van der Waals surface area contributed by atoms with E-state index in [9.17, 15) is 0 Å². The number of rotatable bonds is 8. The van der Waals surface area contributed by atoms with Crippen molar-refractivity contribution in [3.8, 4) is 0 Å². The van der Waals surface area contributed by atoms with E-state index in [0.29, 0.717) is 11.7 Å². The molecule has 2 atom stereocenters. The number of nitrogen functional groups attached to an aromatic ring is 1. The molecule has 21 heavy (non-hydrogen) atoms. The molecule has 0 amide bonds. The van der Waals surface area contributed by atoms with Crippen molar-refractivity contribution in [2.75, 3.05) is 5.73 Å². The zero-order valence-electron chi connectivity index (χ0n) is 14.3.